The van der Waals surface area contributed by atoms with Crippen LogP contribution < -0.4 is 5.73 Å². The van der Waals surface area contributed by atoms with Crippen molar-refractivity contribution in [2.75, 3.05) is 19.7 Å². The van der Waals surface area contributed by atoms with Gasteiger partial charge >= 0.3 is 0 Å². The van der Waals surface area contributed by atoms with Gasteiger partial charge in [0.05, 0.1) is 13.2 Å². The first-order chi connectivity index (χ1) is 9.22. The fraction of sp³-hybridized carbons (Fsp3) is 0.643. The first kappa shape index (κ1) is 15.7. The Hall–Kier alpha value is -1.33. The average molecular weight is 268 g/mol. The van der Waals surface area contributed by atoms with E-state index in [4.69, 9.17) is 15.3 Å². The predicted molar refractivity (Wildman–Crippen MR) is 73.7 cm³/mol. The Bertz CT molecular complexity index is 377. The number of unbranched alkanes of at least 4 members (excludes halogenated alkanes) is 3. The molecule has 3 N–H and O–H groups in total. The van der Waals surface area contributed by atoms with Crippen LogP contribution in [0.5, 0.6) is 0 Å². The number of hydrogen-bond acceptors (Lipinski definition) is 4. The Morgan fingerprint density at radius 1 is 1.32 bits per heavy atom. The standard InChI is InChI=1S/C14H24N2O3/c1-2-3-4-5-8-16(9-10-17)14(18)13-7-6-12(11-15)19-13/h6-7,17H,2-5,8-11,15H2,1H3. The van der Waals surface area contributed by atoms with Gasteiger partial charge in [-0.1, -0.05) is 26.2 Å². The molecular weight excluding hydrogens is 244 g/mol. The van der Waals surface area contributed by atoms with Gasteiger partial charge in [-0.05, 0) is 18.6 Å². The van der Waals surface area contributed by atoms with E-state index in [2.05, 4.69) is 6.92 Å². The van der Waals surface area contributed by atoms with Crippen LogP contribution in [0.3, 0.4) is 0 Å². The van der Waals surface area contributed by atoms with Gasteiger partial charge in [0, 0.05) is 13.1 Å². The average Bonchev–Trinajstić information content (AvgIpc) is 2.90. The van der Waals surface area contributed by atoms with Gasteiger partial charge in [-0.25, -0.2) is 0 Å². The van der Waals surface area contributed by atoms with Crippen molar-refractivity contribution in [2.24, 2.45) is 5.73 Å². The summed E-state index contributed by atoms with van der Waals surface area (Å²) < 4.78 is 5.35. The van der Waals surface area contributed by atoms with Gasteiger partial charge in [0.25, 0.3) is 5.91 Å². The first-order valence-electron chi connectivity index (χ1n) is 6.91. The van der Waals surface area contributed by atoms with Crippen molar-refractivity contribution in [1.82, 2.24) is 4.90 Å². The summed E-state index contributed by atoms with van der Waals surface area (Å²) in [6, 6.07) is 3.35. The molecule has 0 saturated heterocycles. The lowest BCUT2D eigenvalue weighted by Crippen LogP contribution is -2.34. The molecule has 0 aromatic carbocycles. The van der Waals surface area contributed by atoms with Gasteiger partial charge in [0.15, 0.2) is 5.76 Å². The molecule has 5 heteroatoms. The molecule has 0 saturated carbocycles. The summed E-state index contributed by atoms with van der Waals surface area (Å²) in [5.74, 6) is 0.716. The number of nitrogens with zero attached hydrogens (tertiary/aromatic N) is 1. The van der Waals surface area contributed by atoms with E-state index in [0.717, 1.165) is 19.3 Å². The SMILES string of the molecule is CCCCCCN(CCO)C(=O)c1ccc(CN)o1. The molecule has 19 heavy (non-hydrogen) atoms. The Kier molecular flexibility index (Phi) is 7.22. The smallest absolute Gasteiger partial charge is 0.289 e. The van der Waals surface area contributed by atoms with Gasteiger partial charge in [-0.15, -0.1) is 0 Å². The Balaban J connectivity index is 2.56. The molecule has 1 amide bonds. The second-order valence-corrected chi connectivity index (χ2v) is 4.55. The van der Waals surface area contributed by atoms with E-state index in [1.165, 1.54) is 6.42 Å². The third kappa shape index (κ3) is 5.04. The molecule has 0 spiro atoms. The zero-order valence-electron chi connectivity index (χ0n) is 11.6. The highest BCUT2D eigenvalue weighted by molar-refractivity contribution is 5.91. The van der Waals surface area contributed by atoms with Crippen LogP contribution in [0.25, 0.3) is 0 Å². The Labute approximate surface area is 114 Å². The van der Waals surface area contributed by atoms with Crippen LogP contribution in [0.2, 0.25) is 0 Å². The van der Waals surface area contributed by atoms with Crippen molar-refractivity contribution in [2.45, 2.75) is 39.2 Å². The molecule has 1 heterocycles. The highest BCUT2D eigenvalue weighted by Gasteiger charge is 2.18. The normalized spacial score (nSPS) is 10.7. The molecule has 5 nitrogen and oxygen atoms in total. The third-order valence-corrected chi connectivity index (χ3v) is 3.01. The lowest BCUT2D eigenvalue weighted by atomic mass is 10.2. The quantitative estimate of drug-likeness (QED) is 0.669. The number of amides is 1. The zero-order valence-corrected chi connectivity index (χ0v) is 11.6. The molecule has 0 bridgehead atoms. The predicted octanol–water partition coefficient (Wildman–Crippen LogP) is 1.75. The number of carbonyl (C=O) groups excluding carboxylic acids is 1. The number of nitrogens with two attached hydrogens (primary N) is 1. The summed E-state index contributed by atoms with van der Waals surface area (Å²) in [6.07, 6.45) is 4.37. The van der Waals surface area contributed by atoms with Gasteiger partial charge < -0.3 is 20.2 Å². The Morgan fingerprint density at radius 3 is 2.68 bits per heavy atom. The van der Waals surface area contributed by atoms with E-state index >= 15 is 0 Å². The van der Waals surface area contributed by atoms with E-state index in [-0.39, 0.29) is 19.1 Å². The minimum atomic E-state index is -0.176. The molecule has 0 fully saturated rings. The zero-order chi connectivity index (χ0) is 14.1. The number of rotatable bonds is 9. The van der Waals surface area contributed by atoms with Crippen LogP contribution in [-0.2, 0) is 6.54 Å². The number of furan rings is 1. The summed E-state index contributed by atoms with van der Waals surface area (Å²) >= 11 is 0. The molecule has 0 radical (unpaired) electrons. The largest absolute Gasteiger partial charge is 0.455 e. The Morgan fingerprint density at radius 2 is 2.11 bits per heavy atom. The van der Waals surface area contributed by atoms with E-state index in [9.17, 15) is 4.79 Å². The van der Waals surface area contributed by atoms with E-state index in [1.54, 1.807) is 17.0 Å². The molecule has 1 aromatic rings. The monoisotopic (exact) mass is 268 g/mol. The lowest BCUT2D eigenvalue weighted by molar-refractivity contribution is 0.0685. The molecule has 0 aliphatic rings. The molecule has 1 aromatic heterocycles. The molecule has 1 rings (SSSR count). The van der Waals surface area contributed by atoms with Crippen molar-refractivity contribution in [1.29, 1.82) is 0 Å². The number of carbonyl (C=O) groups is 1. The van der Waals surface area contributed by atoms with E-state index < -0.39 is 0 Å². The van der Waals surface area contributed by atoms with Gasteiger partial charge in [-0.2, -0.15) is 0 Å². The van der Waals surface area contributed by atoms with Gasteiger partial charge in [0.2, 0.25) is 0 Å². The van der Waals surface area contributed by atoms with Gasteiger partial charge in [-0.3, -0.25) is 4.79 Å². The van der Waals surface area contributed by atoms with Crippen LogP contribution in [0.15, 0.2) is 16.5 Å². The van der Waals surface area contributed by atoms with Crippen molar-refractivity contribution in [3.05, 3.63) is 23.7 Å². The maximum atomic E-state index is 12.2. The molecule has 0 aliphatic heterocycles. The molecule has 0 atom stereocenters. The summed E-state index contributed by atoms with van der Waals surface area (Å²) in [5.41, 5.74) is 5.45. The first-order valence-corrected chi connectivity index (χ1v) is 6.91. The topological polar surface area (TPSA) is 79.7 Å². The van der Waals surface area contributed by atoms with Crippen LogP contribution >= 0.6 is 0 Å². The fourth-order valence-electron chi connectivity index (χ4n) is 1.92. The van der Waals surface area contributed by atoms with Crippen LogP contribution in [0, 0.1) is 0 Å². The molecular formula is C14H24N2O3. The summed E-state index contributed by atoms with van der Waals surface area (Å²) in [6.45, 7) is 3.38. The highest BCUT2D eigenvalue weighted by Crippen LogP contribution is 2.11. The summed E-state index contributed by atoms with van der Waals surface area (Å²) in [7, 11) is 0. The van der Waals surface area contributed by atoms with Crippen molar-refractivity contribution in [3.8, 4) is 0 Å². The van der Waals surface area contributed by atoms with Crippen LogP contribution in [0.1, 0.15) is 48.9 Å². The number of aliphatic hydroxyl groups excluding tert-OH is 1. The maximum absolute atomic E-state index is 12.2. The summed E-state index contributed by atoms with van der Waals surface area (Å²) in [4.78, 5) is 13.8. The van der Waals surface area contributed by atoms with Crippen molar-refractivity contribution < 1.29 is 14.3 Å². The minimum Gasteiger partial charge on any atom is -0.455 e. The van der Waals surface area contributed by atoms with E-state index in [0.29, 0.717) is 24.6 Å². The molecule has 0 aliphatic carbocycles. The highest BCUT2D eigenvalue weighted by atomic mass is 16.4. The van der Waals surface area contributed by atoms with Crippen molar-refractivity contribution in [3.63, 3.8) is 0 Å². The molecule has 108 valence electrons. The maximum Gasteiger partial charge on any atom is 0.289 e. The fourth-order valence-corrected chi connectivity index (χ4v) is 1.92. The number of hydrogen-bond donors (Lipinski definition) is 2. The van der Waals surface area contributed by atoms with Crippen molar-refractivity contribution >= 4 is 5.91 Å². The van der Waals surface area contributed by atoms with E-state index in [1.807, 2.05) is 0 Å². The minimum absolute atomic E-state index is 0.0377. The molecule has 0 unspecified atom stereocenters. The van der Waals surface area contributed by atoms with Crippen LogP contribution in [0.4, 0.5) is 0 Å². The second kappa shape index (κ2) is 8.72. The second-order valence-electron chi connectivity index (χ2n) is 4.55. The third-order valence-electron chi connectivity index (χ3n) is 3.01. The lowest BCUT2D eigenvalue weighted by Gasteiger charge is -2.20. The number of aliphatic hydroxyl groups is 1. The van der Waals surface area contributed by atoms with Crippen LogP contribution in [-0.4, -0.2) is 35.6 Å². The van der Waals surface area contributed by atoms with Gasteiger partial charge in [0.1, 0.15) is 5.76 Å². The summed E-state index contributed by atoms with van der Waals surface area (Å²) in [5, 5.41) is 9.04.